The molecule has 1 saturated heterocycles. The van der Waals surface area contributed by atoms with Gasteiger partial charge in [-0.05, 0) is 38.4 Å². The smallest absolute Gasteiger partial charge is 0.269 e. The fraction of sp³-hybridized carbons (Fsp3) is 0.500. The summed E-state index contributed by atoms with van der Waals surface area (Å²) in [7, 11) is 0. The van der Waals surface area contributed by atoms with Crippen LogP contribution in [0.3, 0.4) is 0 Å². The molecule has 20 heavy (non-hydrogen) atoms. The molecular weight excluding hydrogens is 258 g/mol. The molecule has 1 aromatic carbocycles. The number of carbonyl (C=O) groups is 1. The number of anilines is 1. The highest BCUT2D eigenvalue weighted by Crippen LogP contribution is 2.17. The van der Waals surface area contributed by atoms with Gasteiger partial charge in [-0.2, -0.15) is 0 Å². The Balaban J connectivity index is 1.89. The van der Waals surface area contributed by atoms with E-state index in [0.717, 1.165) is 19.4 Å². The highest BCUT2D eigenvalue weighted by Gasteiger charge is 2.20. The topological polar surface area (TPSA) is 75.5 Å². The SMILES string of the molecule is CC1CCCCN1CC(=O)Nc1ccc([N+](=O)[O-])cc1. The molecule has 0 radical (unpaired) electrons. The van der Waals surface area contributed by atoms with E-state index < -0.39 is 4.92 Å². The van der Waals surface area contributed by atoms with Gasteiger partial charge in [0.05, 0.1) is 11.5 Å². The van der Waals surface area contributed by atoms with Crippen LogP contribution in [0.1, 0.15) is 26.2 Å². The molecule has 2 rings (SSSR count). The van der Waals surface area contributed by atoms with Crippen molar-refractivity contribution in [2.75, 3.05) is 18.4 Å². The van der Waals surface area contributed by atoms with Crippen molar-refractivity contribution in [2.24, 2.45) is 0 Å². The van der Waals surface area contributed by atoms with Crippen LogP contribution in [-0.4, -0.2) is 34.9 Å². The number of nitro groups is 1. The summed E-state index contributed by atoms with van der Waals surface area (Å²) in [5, 5.41) is 13.3. The number of non-ortho nitro benzene ring substituents is 1. The van der Waals surface area contributed by atoms with Crippen molar-refractivity contribution in [3.63, 3.8) is 0 Å². The molecule has 0 aliphatic carbocycles. The lowest BCUT2D eigenvalue weighted by Crippen LogP contribution is -2.42. The first kappa shape index (κ1) is 14.5. The monoisotopic (exact) mass is 277 g/mol. The van der Waals surface area contributed by atoms with Gasteiger partial charge in [0.15, 0.2) is 0 Å². The quantitative estimate of drug-likeness (QED) is 0.677. The number of hydrogen-bond donors (Lipinski definition) is 1. The average molecular weight is 277 g/mol. The number of hydrogen-bond acceptors (Lipinski definition) is 4. The lowest BCUT2D eigenvalue weighted by atomic mass is 10.0. The van der Waals surface area contributed by atoms with Gasteiger partial charge in [-0.15, -0.1) is 0 Å². The molecule has 1 aliphatic heterocycles. The summed E-state index contributed by atoms with van der Waals surface area (Å²) >= 11 is 0. The van der Waals surface area contributed by atoms with Crippen molar-refractivity contribution in [3.05, 3.63) is 34.4 Å². The summed E-state index contributed by atoms with van der Waals surface area (Å²) < 4.78 is 0. The third kappa shape index (κ3) is 3.77. The molecule has 6 nitrogen and oxygen atoms in total. The van der Waals surface area contributed by atoms with E-state index in [9.17, 15) is 14.9 Å². The van der Waals surface area contributed by atoms with E-state index in [1.807, 2.05) is 0 Å². The zero-order chi connectivity index (χ0) is 14.5. The number of benzene rings is 1. The van der Waals surface area contributed by atoms with Crippen LogP contribution in [0.25, 0.3) is 0 Å². The summed E-state index contributed by atoms with van der Waals surface area (Å²) in [5.74, 6) is -0.0763. The van der Waals surface area contributed by atoms with Gasteiger partial charge >= 0.3 is 0 Å². The van der Waals surface area contributed by atoms with E-state index in [-0.39, 0.29) is 11.6 Å². The summed E-state index contributed by atoms with van der Waals surface area (Å²) in [5.41, 5.74) is 0.609. The lowest BCUT2D eigenvalue weighted by molar-refractivity contribution is -0.384. The van der Waals surface area contributed by atoms with Crippen molar-refractivity contribution in [1.82, 2.24) is 4.90 Å². The van der Waals surface area contributed by atoms with Crippen LogP contribution in [0.15, 0.2) is 24.3 Å². The minimum atomic E-state index is -0.457. The van der Waals surface area contributed by atoms with Crippen LogP contribution in [0.2, 0.25) is 0 Å². The van der Waals surface area contributed by atoms with E-state index in [2.05, 4.69) is 17.1 Å². The van der Waals surface area contributed by atoms with Gasteiger partial charge in [0.2, 0.25) is 5.91 Å². The minimum Gasteiger partial charge on any atom is -0.325 e. The van der Waals surface area contributed by atoms with Crippen LogP contribution >= 0.6 is 0 Å². The Bertz CT molecular complexity index is 487. The van der Waals surface area contributed by atoms with Crippen molar-refractivity contribution < 1.29 is 9.72 Å². The molecule has 1 aromatic rings. The van der Waals surface area contributed by atoms with Gasteiger partial charge in [0, 0.05) is 23.9 Å². The van der Waals surface area contributed by atoms with E-state index >= 15 is 0 Å². The Morgan fingerprint density at radius 1 is 1.40 bits per heavy atom. The normalized spacial score (nSPS) is 19.6. The molecule has 1 heterocycles. The number of piperidine rings is 1. The maximum atomic E-state index is 12.0. The fourth-order valence-electron chi connectivity index (χ4n) is 2.44. The Labute approximate surface area is 117 Å². The number of likely N-dealkylation sites (tertiary alicyclic amines) is 1. The second-order valence-corrected chi connectivity index (χ2v) is 5.17. The standard InChI is InChI=1S/C14H19N3O3/c1-11-4-2-3-9-16(11)10-14(18)15-12-5-7-13(8-6-12)17(19)20/h5-8,11H,2-4,9-10H2,1H3,(H,15,18). The zero-order valence-electron chi connectivity index (χ0n) is 11.5. The third-order valence-electron chi connectivity index (χ3n) is 3.65. The number of rotatable bonds is 4. The molecule has 0 bridgehead atoms. The Kier molecular flexibility index (Phi) is 4.68. The number of nitrogens with one attached hydrogen (secondary N) is 1. The summed E-state index contributed by atoms with van der Waals surface area (Å²) in [6, 6.07) is 6.32. The van der Waals surface area contributed by atoms with Gasteiger partial charge < -0.3 is 5.32 Å². The van der Waals surface area contributed by atoms with Gasteiger partial charge in [0.25, 0.3) is 5.69 Å². The molecule has 6 heteroatoms. The second-order valence-electron chi connectivity index (χ2n) is 5.17. The number of carbonyl (C=O) groups excluding carboxylic acids is 1. The summed E-state index contributed by atoms with van der Waals surface area (Å²) in [4.78, 5) is 24.2. The zero-order valence-corrected chi connectivity index (χ0v) is 11.5. The van der Waals surface area contributed by atoms with Crippen molar-refractivity contribution in [2.45, 2.75) is 32.2 Å². The Morgan fingerprint density at radius 3 is 2.70 bits per heavy atom. The minimum absolute atomic E-state index is 0.0210. The predicted molar refractivity (Wildman–Crippen MR) is 76.6 cm³/mol. The first-order chi connectivity index (χ1) is 9.56. The Hall–Kier alpha value is -1.95. The second kappa shape index (κ2) is 6.47. The molecular formula is C14H19N3O3. The van der Waals surface area contributed by atoms with E-state index in [1.165, 1.54) is 18.6 Å². The van der Waals surface area contributed by atoms with Crippen molar-refractivity contribution in [3.8, 4) is 0 Å². The Morgan fingerprint density at radius 2 is 2.10 bits per heavy atom. The third-order valence-corrected chi connectivity index (χ3v) is 3.65. The predicted octanol–water partition coefficient (Wildman–Crippen LogP) is 2.41. The van der Waals surface area contributed by atoms with E-state index in [1.54, 1.807) is 12.1 Å². The van der Waals surface area contributed by atoms with Crippen LogP contribution < -0.4 is 5.32 Å². The van der Waals surface area contributed by atoms with Crippen molar-refractivity contribution in [1.29, 1.82) is 0 Å². The van der Waals surface area contributed by atoms with Gasteiger partial charge in [-0.25, -0.2) is 0 Å². The molecule has 0 saturated carbocycles. The molecule has 1 atom stereocenters. The number of nitro benzene ring substituents is 1. The maximum Gasteiger partial charge on any atom is 0.269 e. The first-order valence-corrected chi connectivity index (χ1v) is 6.84. The van der Waals surface area contributed by atoms with Gasteiger partial charge in [0.1, 0.15) is 0 Å². The van der Waals surface area contributed by atoms with E-state index in [0.29, 0.717) is 18.3 Å². The molecule has 108 valence electrons. The average Bonchev–Trinajstić information content (AvgIpc) is 2.42. The largest absolute Gasteiger partial charge is 0.325 e. The molecule has 1 fully saturated rings. The molecule has 1 aliphatic rings. The highest BCUT2D eigenvalue weighted by molar-refractivity contribution is 5.92. The van der Waals surface area contributed by atoms with Crippen LogP contribution in [0, 0.1) is 10.1 Å². The maximum absolute atomic E-state index is 12.0. The van der Waals surface area contributed by atoms with Crippen LogP contribution in [0.5, 0.6) is 0 Å². The summed E-state index contributed by atoms with van der Waals surface area (Å²) in [6.45, 7) is 3.46. The highest BCUT2D eigenvalue weighted by atomic mass is 16.6. The molecule has 0 spiro atoms. The van der Waals surface area contributed by atoms with E-state index in [4.69, 9.17) is 0 Å². The molecule has 1 unspecified atom stereocenters. The summed E-state index contributed by atoms with van der Waals surface area (Å²) in [6.07, 6.45) is 3.49. The number of nitrogens with zero attached hydrogens (tertiary/aromatic N) is 2. The fourth-order valence-corrected chi connectivity index (χ4v) is 2.44. The lowest BCUT2D eigenvalue weighted by Gasteiger charge is -2.32. The molecule has 0 aromatic heterocycles. The molecule has 1 amide bonds. The van der Waals surface area contributed by atoms with Gasteiger partial charge in [-0.3, -0.25) is 19.8 Å². The first-order valence-electron chi connectivity index (χ1n) is 6.84. The number of amides is 1. The van der Waals surface area contributed by atoms with Crippen LogP contribution in [-0.2, 0) is 4.79 Å². The van der Waals surface area contributed by atoms with Gasteiger partial charge in [-0.1, -0.05) is 6.42 Å². The van der Waals surface area contributed by atoms with Crippen LogP contribution in [0.4, 0.5) is 11.4 Å². The van der Waals surface area contributed by atoms with Crippen molar-refractivity contribution >= 4 is 17.3 Å². The molecule has 1 N–H and O–H groups in total.